The maximum Gasteiger partial charge on any atom is 0.310 e. The highest BCUT2D eigenvalue weighted by molar-refractivity contribution is 7.10. The van der Waals surface area contributed by atoms with E-state index in [0.717, 1.165) is 34.6 Å². The van der Waals surface area contributed by atoms with E-state index in [1.54, 1.807) is 12.3 Å². The Balaban J connectivity index is 2.07. The van der Waals surface area contributed by atoms with Crippen molar-refractivity contribution < 1.29 is 5.11 Å². The summed E-state index contributed by atoms with van der Waals surface area (Å²) in [4.78, 5) is 16.7. The Labute approximate surface area is 132 Å². The van der Waals surface area contributed by atoms with Crippen molar-refractivity contribution in [3.05, 3.63) is 56.5 Å². The zero-order chi connectivity index (χ0) is 15.7. The normalized spacial score (nSPS) is 14.5. The topological polar surface area (TPSA) is 54.6 Å². The zero-order valence-corrected chi connectivity index (χ0v) is 13.1. The standard InChI is InChI=1S/C17H16N2O2S/c1-3-8-19-16(20)14(22-17(19)21)9-12-10-18-15-11(4-2)6-5-7-13(12)15/h3,5-7,9-10,20H,1,4,8H2,2H3. The van der Waals surface area contributed by atoms with Crippen LogP contribution in [-0.4, -0.2) is 15.9 Å². The molecule has 1 aromatic carbocycles. The van der Waals surface area contributed by atoms with Crippen LogP contribution in [-0.2, 0) is 13.0 Å². The quantitative estimate of drug-likeness (QED) is 0.877. The zero-order valence-electron chi connectivity index (χ0n) is 12.2. The highest BCUT2D eigenvalue weighted by Gasteiger charge is 2.17. The van der Waals surface area contributed by atoms with Gasteiger partial charge in [0.25, 0.3) is 0 Å². The highest BCUT2D eigenvalue weighted by Crippen LogP contribution is 2.37. The molecule has 0 atom stereocenters. The van der Waals surface area contributed by atoms with E-state index in [2.05, 4.69) is 24.6 Å². The first kappa shape index (κ1) is 14.5. The van der Waals surface area contributed by atoms with Gasteiger partial charge in [-0.05, 0) is 18.1 Å². The Kier molecular flexibility index (Phi) is 3.81. The van der Waals surface area contributed by atoms with E-state index < -0.39 is 0 Å². The summed E-state index contributed by atoms with van der Waals surface area (Å²) in [6.45, 7) is 5.99. The molecule has 5 heteroatoms. The minimum atomic E-state index is -0.193. The Morgan fingerprint density at radius 3 is 3.00 bits per heavy atom. The fourth-order valence-corrected chi connectivity index (χ4v) is 3.37. The molecule has 0 unspecified atom stereocenters. The van der Waals surface area contributed by atoms with Crippen LogP contribution < -0.4 is 4.87 Å². The van der Waals surface area contributed by atoms with Crippen molar-refractivity contribution in [2.45, 2.75) is 19.9 Å². The van der Waals surface area contributed by atoms with E-state index in [0.29, 0.717) is 11.4 Å². The van der Waals surface area contributed by atoms with E-state index >= 15 is 0 Å². The molecule has 0 radical (unpaired) electrons. The third-order valence-corrected chi connectivity index (χ3v) is 4.55. The lowest BCUT2D eigenvalue weighted by Gasteiger charge is -2.04. The number of nitrogens with zero attached hydrogens (tertiary/aromatic N) is 2. The van der Waals surface area contributed by atoms with Gasteiger partial charge in [-0.15, -0.1) is 6.58 Å². The van der Waals surface area contributed by atoms with Gasteiger partial charge in [0.15, 0.2) is 0 Å². The van der Waals surface area contributed by atoms with Crippen LogP contribution in [0.3, 0.4) is 0 Å². The molecule has 0 bridgehead atoms. The van der Waals surface area contributed by atoms with Gasteiger partial charge in [0.2, 0.25) is 5.88 Å². The average molecular weight is 312 g/mol. The minimum absolute atomic E-state index is 0.0177. The predicted octanol–water partition coefficient (Wildman–Crippen LogP) is 3.62. The molecule has 0 amide bonds. The minimum Gasteiger partial charge on any atom is -0.493 e. The molecule has 4 nitrogen and oxygen atoms in total. The summed E-state index contributed by atoms with van der Waals surface area (Å²) in [6, 6.07) is 6.08. The number of para-hydroxylation sites is 1. The second-order valence-corrected chi connectivity index (χ2v) is 5.97. The second kappa shape index (κ2) is 5.77. The molecule has 0 aliphatic carbocycles. The van der Waals surface area contributed by atoms with Gasteiger partial charge in [-0.25, -0.2) is 0 Å². The van der Waals surface area contributed by atoms with Gasteiger partial charge in [-0.3, -0.25) is 14.4 Å². The smallest absolute Gasteiger partial charge is 0.310 e. The third-order valence-electron chi connectivity index (χ3n) is 3.64. The van der Waals surface area contributed by atoms with Crippen molar-refractivity contribution in [3.63, 3.8) is 0 Å². The van der Waals surface area contributed by atoms with Crippen LogP contribution in [0.15, 0.2) is 40.6 Å². The molecule has 22 heavy (non-hydrogen) atoms. The Hall–Kier alpha value is -2.40. The molecule has 0 saturated carbocycles. The number of fused-ring (bicyclic) bond motifs is 1. The first-order chi connectivity index (χ1) is 10.7. The third kappa shape index (κ3) is 2.33. The molecule has 3 rings (SSSR count). The van der Waals surface area contributed by atoms with Gasteiger partial charge in [0.1, 0.15) is 0 Å². The first-order valence-electron chi connectivity index (χ1n) is 7.07. The number of benzene rings is 1. The maximum atomic E-state index is 11.9. The summed E-state index contributed by atoms with van der Waals surface area (Å²) in [5.74, 6) is -0.0177. The molecule has 0 fully saturated rings. The van der Waals surface area contributed by atoms with Crippen molar-refractivity contribution in [3.8, 4) is 5.88 Å². The van der Waals surface area contributed by atoms with Crippen molar-refractivity contribution in [1.82, 2.24) is 4.57 Å². The van der Waals surface area contributed by atoms with Crippen LogP contribution in [0.4, 0.5) is 5.69 Å². The first-order valence-corrected chi connectivity index (χ1v) is 7.88. The lowest BCUT2D eigenvalue weighted by atomic mass is 10.0. The number of aryl methyl sites for hydroxylation is 1. The molecule has 1 aromatic heterocycles. The monoisotopic (exact) mass is 312 g/mol. The number of rotatable bonds is 4. The second-order valence-electron chi connectivity index (χ2n) is 4.98. The highest BCUT2D eigenvalue weighted by atomic mass is 32.1. The molecule has 1 aliphatic rings. The van der Waals surface area contributed by atoms with Crippen molar-refractivity contribution in [2.24, 2.45) is 4.99 Å². The molecule has 1 aliphatic heterocycles. The Morgan fingerprint density at radius 1 is 1.45 bits per heavy atom. The van der Waals surface area contributed by atoms with Crippen LogP contribution >= 0.6 is 11.3 Å². The van der Waals surface area contributed by atoms with Gasteiger partial charge in [0.05, 0.1) is 10.6 Å². The molecule has 0 spiro atoms. The van der Waals surface area contributed by atoms with E-state index in [1.165, 1.54) is 10.1 Å². The van der Waals surface area contributed by atoms with Crippen LogP contribution in [0.1, 0.15) is 22.9 Å². The van der Waals surface area contributed by atoms with Crippen molar-refractivity contribution >= 4 is 34.9 Å². The Morgan fingerprint density at radius 2 is 2.27 bits per heavy atom. The van der Waals surface area contributed by atoms with E-state index in [-0.39, 0.29) is 10.8 Å². The Bertz CT molecular complexity index is 856. The van der Waals surface area contributed by atoms with Crippen molar-refractivity contribution in [2.75, 3.05) is 0 Å². The van der Waals surface area contributed by atoms with Gasteiger partial charge in [-0.1, -0.05) is 42.5 Å². The number of hydrogen-bond acceptors (Lipinski definition) is 4. The molecule has 0 saturated heterocycles. The summed E-state index contributed by atoms with van der Waals surface area (Å²) in [6.07, 6.45) is 6.10. The maximum absolute atomic E-state index is 11.9. The summed E-state index contributed by atoms with van der Waals surface area (Å²) >= 11 is 1.02. The number of aliphatic imine (C=N–C) groups is 1. The van der Waals surface area contributed by atoms with Gasteiger partial charge in [0, 0.05) is 23.9 Å². The molecule has 1 N–H and O–H groups in total. The van der Waals surface area contributed by atoms with Crippen LogP contribution in [0.5, 0.6) is 5.88 Å². The molecular weight excluding hydrogens is 296 g/mol. The van der Waals surface area contributed by atoms with Gasteiger partial charge < -0.3 is 5.11 Å². The molecule has 2 heterocycles. The van der Waals surface area contributed by atoms with Gasteiger partial charge >= 0.3 is 4.87 Å². The number of aromatic nitrogens is 1. The fourth-order valence-electron chi connectivity index (χ4n) is 2.52. The number of allylic oxidation sites excluding steroid dienone is 2. The van der Waals surface area contributed by atoms with E-state index in [1.807, 2.05) is 18.2 Å². The lowest BCUT2D eigenvalue weighted by molar-refractivity contribution is 0.422. The number of aromatic hydroxyl groups is 1. The van der Waals surface area contributed by atoms with Crippen LogP contribution in [0.2, 0.25) is 0 Å². The van der Waals surface area contributed by atoms with Crippen LogP contribution in [0.25, 0.3) is 11.6 Å². The van der Waals surface area contributed by atoms with Crippen LogP contribution in [0, 0.1) is 0 Å². The van der Waals surface area contributed by atoms with Crippen molar-refractivity contribution in [1.29, 1.82) is 0 Å². The largest absolute Gasteiger partial charge is 0.493 e. The number of hydrogen-bond donors (Lipinski definition) is 1. The van der Waals surface area contributed by atoms with Gasteiger partial charge in [-0.2, -0.15) is 0 Å². The summed E-state index contributed by atoms with van der Waals surface area (Å²) < 4.78 is 1.31. The molecule has 2 aromatic rings. The fraction of sp³-hybridized carbons (Fsp3) is 0.176. The SMILES string of the molecule is C=CCn1c(O)c(C=C2C=Nc3c(CC)cccc32)sc1=O. The number of thiazole rings is 1. The average Bonchev–Trinajstić information content (AvgIpc) is 3.04. The van der Waals surface area contributed by atoms with E-state index in [4.69, 9.17) is 0 Å². The lowest BCUT2D eigenvalue weighted by Crippen LogP contribution is -2.10. The summed E-state index contributed by atoms with van der Waals surface area (Å²) in [7, 11) is 0. The van der Waals surface area contributed by atoms with E-state index in [9.17, 15) is 9.90 Å². The predicted molar refractivity (Wildman–Crippen MR) is 92.3 cm³/mol. The molecular formula is C17H16N2O2S. The summed E-state index contributed by atoms with van der Waals surface area (Å²) in [5, 5.41) is 10.2. The summed E-state index contributed by atoms with van der Waals surface area (Å²) in [5.41, 5.74) is 4.12. The molecule has 112 valence electrons.